The van der Waals surface area contributed by atoms with Gasteiger partial charge >= 0.3 is 0 Å². The Bertz CT molecular complexity index is 1130. The van der Waals surface area contributed by atoms with E-state index in [9.17, 15) is 9.59 Å². The molecule has 3 aromatic rings. The maximum Gasteiger partial charge on any atom is 0.258 e. The van der Waals surface area contributed by atoms with Crippen molar-refractivity contribution in [2.75, 3.05) is 38.6 Å². The second kappa shape index (κ2) is 9.17. The summed E-state index contributed by atoms with van der Waals surface area (Å²) in [4.78, 5) is 34.8. The highest BCUT2D eigenvalue weighted by Gasteiger charge is 2.26. The van der Waals surface area contributed by atoms with Gasteiger partial charge in [-0.2, -0.15) is 0 Å². The highest BCUT2D eigenvalue weighted by Crippen LogP contribution is 2.25. The molecule has 1 aliphatic rings. The maximum atomic E-state index is 12.8. The van der Waals surface area contributed by atoms with E-state index in [1.54, 1.807) is 23.8 Å². The molecule has 0 radical (unpaired) electrons. The van der Waals surface area contributed by atoms with E-state index in [2.05, 4.69) is 20.1 Å². The van der Waals surface area contributed by atoms with E-state index in [-0.39, 0.29) is 17.5 Å². The van der Waals surface area contributed by atoms with Gasteiger partial charge in [0.2, 0.25) is 5.91 Å². The fraction of sp³-hybridized carbons (Fsp3) is 0.409. The molecule has 1 aromatic carbocycles. The first-order valence-electron chi connectivity index (χ1n) is 10.3. The van der Waals surface area contributed by atoms with Gasteiger partial charge in [-0.25, -0.2) is 4.98 Å². The van der Waals surface area contributed by atoms with Crippen LogP contribution in [0, 0.1) is 6.92 Å². The molecule has 9 heteroatoms. The summed E-state index contributed by atoms with van der Waals surface area (Å²) in [6, 6.07) is 7.09. The molecule has 1 atom stereocenters. The molecule has 164 valence electrons. The molecule has 0 spiro atoms. The zero-order valence-electron chi connectivity index (χ0n) is 18.0. The number of carbonyl (C=O) groups excluding carboxylic acids is 1. The third kappa shape index (κ3) is 4.79. The number of hydrogen-bond donors (Lipinski definition) is 1. The maximum absolute atomic E-state index is 12.8. The first-order chi connectivity index (χ1) is 14.9. The van der Waals surface area contributed by atoms with Crippen molar-refractivity contribution in [2.45, 2.75) is 26.4 Å². The summed E-state index contributed by atoms with van der Waals surface area (Å²) in [6.45, 7) is 7.74. The number of nitrogens with one attached hydrogen (secondary N) is 1. The highest BCUT2D eigenvalue weighted by atomic mass is 32.1. The highest BCUT2D eigenvalue weighted by molar-refractivity contribution is 7.15. The topological polar surface area (TPSA) is 79.2 Å². The van der Waals surface area contributed by atoms with Gasteiger partial charge in [-0.15, -0.1) is 11.3 Å². The van der Waals surface area contributed by atoms with E-state index >= 15 is 0 Å². The molecule has 1 N–H and O–H groups in total. The summed E-state index contributed by atoms with van der Waals surface area (Å²) in [7, 11) is 1.60. The number of benzene rings is 1. The molecule has 3 heterocycles. The number of aromatic nitrogens is 2. The predicted molar refractivity (Wildman–Crippen MR) is 122 cm³/mol. The van der Waals surface area contributed by atoms with E-state index in [0.717, 1.165) is 42.4 Å². The fourth-order valence-electron chi connectivity index (χ4n) is 3.83. The van der Waals surface area contributed by atoms with Crippen molar-refractivity contribution in [3.05, 3.63) is 57.5 Å². The number of amides is 1. The number of aryl methyl sites for hydroxylation is 1. The lowest BCUT2D eigenvalue weighted by atomic mass is 10.1. The second-order valence-corrected chi connectivity index (χ2v) is 8.70. The molecule has 1 fully saturated rings. The Labute approximate surface area is 185 Å². The molecule has 1 amide bonds. The van der Waals surface area contributed by atoms with Crippen LogP contribution in [0.1, 0.15) is 18.2 Å². The molecule has 4 rings (SSSR count). The Hall–Kier alpha value is -2.75. The summed E-state index contributed by atoms with van der Waals surface area (Å²) in [5.74, 6) is 0.609. The van der Waals surface area contributed by atoms with Crippen molar-refractivity contribution in [2.24, 2.45) is 0 Å². The van der Waals surface area contributed by atoms with Crippen molar-refractivity contribution in [3.63, 3.8) is 0 Å². The molecule has 0 aliphatic carbocycles. The number of carbonyl (C=O) groups is 1. The normalized spacial score (nSPS) is 16.4. The molecule has 0 saturated carbocycles. The Morgan fingerprint density at radius 3 is 2.77 bits per heavy atom. The van der Waals surface area contributed by atoms with Crippen molar-refractivity contribution < 1.29 is 9.53 Å². The van der Waals surface area contributed by atoms with Crippen LogP contribution in [0.4, 0.5) is 5.69 Å². The molecular weight excluding hydrogens is 414 g/mol. The van der Waals surface area contributed by atoms with Crippen molar-refractivity contribution in [1.29, 1.82) is 0 Å². The van der Waals surface area contributed by atoms with Crippen LogP contribution in [-0.2, 0) is 11.3 Å². The van der Waals surface area contributed by atoms with Gasteiger partial charge in [-0.05, 0) is 31.5 Å². The molecule has 0 bridgehead atoms. The Morgan fingerprint density at radius 2 is 2.03 bits per heavy atom. The number of piperazine rings is 1. The van der Waals surface area contributed by atoms with Crippen LogP contribution < -0.4 is 15.6 Å². The van der Waals surface area contributed by atoms with E-state index < -0.39 is 0 Å². The van der Waals surface area contributed by atoms with Gasteiger partial charge in [-0.1, -0.05) is 6.07 Å². The Kier molecular flexibility index (Phi) is 6.35. The van der Waals surface area contributed by atoms with Gasteiger partial charge in [0.25, 0.3) is 5.56 Å². The number of fused-ring (bicyclic) bond motifs is 1. The lowest BCUT2D eigenvalue weighted by Gasteiger charge is -2.37. The molecule has 31 heavy (non-hydrogen) atoms. The molecular formula is C22H27N5O3S. The number of rotatable bonds is 6. The molecule has 1 aliphatic heterocycles. The summed E-state index contributed by atoms with van der Waals surface area (Å²) in [5, 5.41) is 4.87. The monoisotopic (exact) mass is 441 g/mol. The van der Waals surface area contributed by atoms with Crippen LogP contribution in [0.3, 0.4) is 0 Å². The second-order valence-electron chi connectivity index (χ2n) is 7.82. The van der Waals surface area contributed by atoms with Crippen LogP contribution in [0.2, 0.25) is 0 Å². The van der Waals surface area contributed by atoms with Gasteiger partial charge in [0.1, 0.15) is 5.75 Å². The van der Waals surface area contributed by atoms with E-state index in [1.807, 2.05) is 37.4 Å². The van der Waals surface area contributed by atoms with Gasteiger partial charge in [0.05, 0.1) is 24.5 Å². The third-order valence-corrected chi connectivity index (χ3v) is 6.45. The lowest BCUT2D eigenvalue weighted by Crippen LogP contribution is -2.52. The number of hydrogen-bond acceptors (Lipinski definition) is 7. The smallest absolute Gasteiger partial charge is 0.258 e. The van der Waals surface area contributed by atoms with Gasteiger partial charge in [0, 0.05) is 50.4 Å². The number of methoxy groups -OCH3 is 1. The zero-order valence-corrected chi connectivity index (χ0v) is 18.8. The summed E-state index contributed by atoms with van der Waals surface area (Å²) < 4.78 is 6.93. The van der Waals surface area contributed by atoms with Gasteiger partial charge < -0.3 is 10.1 Å². The van der Waals surface area contributed by atoms with E-state index in [4.69, 9.17) is 4.74 Å². The number of anilines is 1. The van der Waals surface area contributed by atoms with Crippen LogP contribution >= 0.6 is 11.3 Å². The number of ether oxygens (including phenoxy) is 1. The minimum atomic E-state index is -0.252. The van der Waals surface area contributed by atoms with Crippen LogP contribution in [0.25, 0.3) is 4.96 Å². The predicted octanol–water partition coefficient (Wildman–Crippen LogP) is 2.22. The summed E-state index contributed by atoms with van der Waals surface area (Å²) in [6.07, 6.45) is 1.75. The van der Waals surface area contributed by atoms with Gasteiger partial charge in [-0.3, -0.25) is 23.8 Å². The van der Waals surface area contributed by atoms with Crippen LogP contribution in [0.15, 0.2) is 40.6 Å². The fourth-order valence-corrected chi connectivity index (χ4v) is 4.57. The summed E-state index contributed by atoms with van der Waals surface area (Å²) in [5.41, 5.74) is 2.50. The molecule has 8 nitrogen and oxygen atoms in total. The van der Waals surface area contributed by atoms with Crippen molar-refractivity contribution in [1.82, 2.24) is 19.2 Å². The first kappa shape index (κ1) is 21.5. The third-order valence-electron chi connectivity index (χ3n) is 5.69. The molecule has 1 saturated heterocycles. The van der Waals surface area contributed by atoms with Crippen molar-refractivity contribution >= 4 is 27.9 Å². The van der Waals surface area contributed by atoms with Crippen LogP contribution in [0.5, 0.6) is 5.75 Å². The Morgan fingerprint density at radius 1 is 1.26 bits per heavy atom. The molecule has 2 aromatic heterocycles. The van der Waals surface area contributed by atoms with E-state index in [0.29, 0.717) is 18.0 Å². The number of nitrogens with zero attached hydrogens (tertiary/aromatic N) is 4. The summed E-state index contributed by atoms with van der Waals surface area (Å²) >= 11 is 1.46. The van der Waals surface area contributed by atoms with Crippen LogP contribution in [-0.4, -0.2) is 64.4 Å². The zero-order chi connectivity index (χ0) is 22.0. The SMILES string of the molecule is COc1ccc(C)cc1NC(=O)C(C)N1CCN(Cc2cc(=O)n3ccsc3n2)CC1. The quantitative estimate of drug-likeness (QED) is 0.632. The largest absolute Gasteiger partial charge is 0.495 e. The van der Waals surface area contributed by atoms with Gasteiger partial charge in [0.15, 0.2) is 4.96 Å². The minimum Gasteiger partial charge on any atom is -0.495 e. The Balaban J connectivity index is 1.34. The first-order valence-corrected chi connectivity index (χ1v) is 11.2. The lowest BCUT2D eigenvalue weighted by molar-refractivity contribution is -0.121. The standard InChI is InChI=1S/C22H27N5O3S/c1-15-4-5-19(30-3)18(12-15)24-21(29)16(2)26-8-6-25(7-9-26)14-17-13-20(28)27-10-11-31-22(27)23-17/h4-5,10-13,16H,6-9,14H2,1-3H3,(H,24,29). The van der Waals surface area contributed by atoms with Crippen molar-refractivity contribution in [3.8, 4) is 5.75 Å². The van der Waals surface area contributed by atoms with E-state index in [1.165, 1.54) is 11.3 Å². The number of thiazole rings is 1. The average Bonchev–Trinajstić information content (AvgIpc) is 3.23. The average molecular weight is 442 g/mol. The minimum absolute atomic E-state index is 0.0447. The molecule has 1 unspecified atom stereocenters.